The Kier molecular flexibility index (Phi) is 31.4. The average molecular weight is 751 g/mol. The SMILES string of the molecule is CC/C=C\C/C=C\C/C=C\C/C=C\CCCCC(=O)OC(COC(=O)CCCCCCCCCCCCCCC)CO[C@@H]1O[C@H](CO)[C@H](O)[C@H](O)[C@H]1O. The van der Waals surface area contributed by atoms with Gasteiger partial charge < -0.3 is 39.4 Å². The van der Waals surface area contributed by atoms with Crippen LogP contribution in [-0.4, -0.2) is 89.0 Å². The number of unbranched alkanes of at least 4 members (excludes halogenated alkanes) is 14. The van der Waals surface area contributed by atoms with Crippen LogP contribution in [0.15, 0.2) is 48.6 Å². The van der Waals surface area contributed by atoms with E-state index in [1.165, 1.54) is 64.2 Å². The molecule has 6 atom stereocenters. The summed E-state index contributed by atoms with van der Waals surface area (Å²) in [5, 5.41) is 40.0. The number of carbonyl (C=O) groups is 2. The second kappa shape index (κ2) is 34.2. The fourth-order valence-corrected chi connectivity index (χ4v) is 5.94. The summed E-state index contributed by atoms with van der Waals surface area (Å²) in [5.74, 6) is -0.856. The molecule has 1 aliphatic rings. The predicted octanol–water partition coefficient (Wildman–Crippen LogP) is 8.10. The first-order chi connectivity index (χ1) is 25.8. The molecule has 10 heteroatoms. The summed E-state index contributed by atoms with van der Waals surface area (Å²) < 4.78 is 22.1. The highest BCUT2D eigenvalue weighted by Gasteiger charge is 2.44. The molecule has 1 saturated heterocycles. The lowest BCUT2D eigenvalue weighted by molar-refractivity contribution is -0.305. The third kappa shape index (κ3) is 26.2. The maximum Gasteiger partial charge on any atom is 0.306 e. The van der Waals surface area contributed by atoms with Gasteiger partial charge in [-0.25, -0.2) is 0 Å². The van der Waals surface area contributed by atoms with Gasteiger partial charge in [-0.15, -0.1) is 0 Å². The fourth-order valence-electron chi connectivity index (χ4n) is 5.94. The van der Waals surface area contributed by atoms with Crippen molar-refractivity contribution in [2.24, 2.45) is 0 Å². The van der Waals surface area contributed by atoms with Crippen molar-refractivity contribution in [1.82, 2.24) is 0 Å². The number of esters is 2. The van der Waals surface area contributed by atoms with Gasteiger partial charge in [0.1, 0.15) is 31.0 Å². The van der Waals surface area contributed by atoms with Crippen LogP contribution in [0, 0.1) is 0 Å². The zero-order chi connectivity index (χ0) is 38.8. The molecular weight excluding hydrogens is 676 g/mol. The van der Waals surface area contributed by atoms with Crippen molar-refractivity contribution in [2.45, 2.75) is 192 Å². The first-order valence-corrected chi connectivity index (χ1v) is 20.7. The van der Waals surface area contributed by atoms with E-state index in [-0.39, 0.29) is 32.0 Å². The van der Waals surface area contributed by atoms with Crippen LogP contribution in [-0.2, 0) is 28.5 Å². The Morgan fingerprint density at radius 3 is 1.68 bits per heavy atom. The summed E-state index contributed by atoms with van der Waals surface area (Å²) in [5.41, 5.74) is 0. The summed E-state index contributed by atoms with van der Waals surface area (Å²) in [4.78, 5) is 25.2. The van der Waals surface area contributed by atoms with Gasteiger partial charge in [-0.2, -0.15) is 0 Å². The molecule has 0 radical (unpaired) electrons. The minimum absolute atomic E-state index is 0.178. The average Bonchev–Trinajstić information content (AvgIpc) is 3.15. The smallest absolute Gasteiger partial charge is 0.306 e. The molecular formula is C43H74O10. The van der Waals surface area contributed by atoms with Gasteiger partial charge in [0.25, 0.3) is 0 Å². The van der Waals surface area contributed by atoms with Crippen LogP contribution in [0.1, 0.15) is 155 Å². The second-order valence-electron chi connectivity index (χ2n) is 14.1. The third-order valence-corrected chi connectivity index (χ3v) is 9.23. The Balaban J connectivity index is 2.41. The normalized spacial score (nSPS) is 21.4. The summed E-state index contributed by atoms with van der Waals surface area (Å²) in [7, 11) is 0. The van der Waals surface area contributed by atoms with Crippen LogP contribution in [0.4, 0.5) is 0 Å². The molecule has 0 amide bonds. The number of aliphatic hydroxyl groups is 4. The molecule has 53 heavy (non-hydrogen) atoms. The number of ether oxygens (including phenoxy) is 4. The number of hydrogen-bond acceptors (Lipinski definition) is 10. The van der Waals surface area contributed by atoms with Crippen LogP contribution >= 0.6 is 0 Å². The lowest BCUT2D eigenvalue weighted by atomic mass is 9.99. The minimum atomic E-state index is -1.60. The van der Waals surface area contributed by atoms with E-state index in [4.69, 9.17) is 18.9 Å². The summed E-state index contributed by atoms with van der Waals surface area (Å²) in [6.45, 7) is 3.25. The lowest BCUT2D eigenvalue weighted by Gasteiger charge is -2.39. The molecule has 1 heterocycles. The molecule has 0 spiro atoms. The number of hydrogen-bond donors (Lipinski definition) is 4. The standard InChI is InChI=1S/C43H74O10/c1-3-5-7-9-11-13-15-17-18-20-22-24-26-28-30-32-39(46)52-36(35-51-43-42(49)41(48)40(47)37(33-44)53-43)34-50-38(45)31-29-27-25-23-21-19-16-14-12-10-8-6-4-2/h5,7,11,13,17-18,22,24,36-37,40-44,47-49H,3-4,6,8-10,12,14-16,19-21,23,25-35H2,1-2H3/b7-5-,13-11-,18-17-,24-22-/t36?,37-,40+,41+,42-,43-/m1/s1. The van der Waals surface area contributed by atoms with Gasteiger partial charge in [0.15, 0.2) is 12.4 Å². The first kappa shape index (κ1) is 48.7. The zero-order valence-corrected chi connectivity index (χ0v) is 33.0. The molecule has 10 nitrogen and oxygen atoms in total. The molecule has 0 aromatic heterocycles. The largest absolute Gasteiger partial charge is 0.462 e. The van der Waals surface area contributed by atoms with Crippen molar-refractivity contribution >= 4 is 11.9 Å². The van der Waals surface area contributed by atoms with E-state index in [1.54, 1.807) is 0 Å². The molecule has 0 aromatic carbocycles. The van der Waals surface area contributed by atoms with Crippen molar-refractivity contribution in [2.75, 3.05) is 19.8 Å². The molecule has 1 aliphatic heterocycles. The number of aliphatic hydroxyl groups excluding tert-OH is 4. The highest BCUT2D eigenvalue weighted by Crippen LogP contribution is 2.22. The van der Waals surface area contributed by atoms with Gasteiger partial charge in [-0.05, 0) is 51.4 Å². The van der Waals surface area contributed by atoms with Crippen LogP contribution in [0.5, 0.6) is 0 Å². The van der Waals surface area contributed by atoms with Crippen molar-refractivity contribution in [1.29, 1.82) is 0 Å². The Labute approximate surface area is 320 Å². The maximum absolute atomic E-state index is 12.7. The topological polar surface area (TPSA) is 152 Å². The van der Waals surface area contributed by atoms with Crippen LogP contribution in [0.3, 0.4) is 0 Å². The minimum Gasteiger partial charge on any atom is -0.462 e. The van der Waals surface area contributed by atoms with Gasteiger partial charge in [-0.3, -0.25) is 9.59 Å². The van der Waals surface area contributed by atoms with E-state index in [9.17, 15) is 30.0 Å². The van der Waals surface area contributed by atoms with E-state index in [0.29, 0.717) is 6.42 Å². The number of carbonyl (C=O) groups excluding carboxylic acids is 2. The van der Waals surface area contributed by atoms with Crippen LogP contribution in [0.2, 0.25) is 0 Å². The van der Waals surface area contributed by atoms with Gasteiger partial charge in [0, 0.05) is 12.8 Å². The van der Waals surface area contributed by atoms with Crippen LogP contribution in [0.25, 0.3) is 0 Å². The Morgan fingerprint density at radius 1 is 0.604 bits per heavy atom. The Hall–Kier alpha value is -2.34. The lowest BCUT2D eigenvalue weighted by Crippen LogP contribution is -2.59. The molecule has 0 aliphatic carbocycles. The Bertz CT molecular complexity index is 1010. The maximum atomic E-state index is 12.7. The summed E-state index contributed by atoms with van der Waals surface area (Å²) in [6.07, 6.45) is 31.2. The molecule has 1 unspecified atom stereocenters. The monoisotopic (exact) mass is 751 g/mol. The van der Waals surface area contributed by atoms with E-state index in [0.717, 1.165) is 57.8 Å². The predicted molar refractivity (Wildman–Crippen MR) is 210 cm³/mol. The molecule has 0 aromatic rings. The molecule has 306 valence electrons. The molecule has 1 rings (SSSR count). The summed E-state index contributed by atoms with van der Waals surface area (Å²) >= 11 is 0. The number of rotatable bonds is 33. The fraction of sp³-hybridized carbons (Fsp3) is 0.767. The van der Waals surface area contributed by atoms with E-state index in [1.807, 2.05) is 0 Å². The summed E-state index contributed by atoms with van der Waals surface area (Å²) in [6, 6.07) is 0. The second-order valence-corrected chi connectivity index (χ2v) is 14.1. The van der Waals surface area contributed by atoms with Crippen molar-refractivity contribution in [3.63, 3.8) is 0 Å². The highest BCUT2D eigenvalue weighted by atomic mass is 16.7. The first-order valence-electron chi connectivity index (χ1n) is 20.7. The van der Waals surface area contributed by atoms with Gasteiger partial charge in [-0.1, -0.05) is 140 Å². The van der Waals surface area contributed by atoms with Gasteiger partial charge in [0.2, 0.25) is 0 Å². The van der Waals surface area contributed by atoms with Crippen LogP contribution < -0.4 is 0 Å². The van der Waals surface area contributed by atoms with E-state index >= 15 is 0 Å². The molecule has 0 saturated carbocycles. The molecule has 4 N–H and O–H groups in total. The van der Waals surface area contributed by atoms with E-state index < -0.39 is 49.4 Å². The van der Waals surface area contributed by atoms with Crippen molar-refractivity contribution in [3.8, 4) is 0 Å². The van der Waals surface area contributed by atoms with Crippen molar-refractivity contribution < 1.29 is 49.0 Å². The zero-order valence-electron chi connectivity index (χ0n) is 33.0. The molecule has 0 bridgehead atoms. The number of allylic oxidation sites excluding steroid dienone is 8. The van der Waals surface area contributed by atoms with Gasteiger partial charge >= 0.3 is 11.9 Å². The van der Waals surface area contributed by atoms with Gasteiger partial charge in [0.05, 0.1) is 13.2 Å². The quantitative estimate of drug-likeness (QED) is 0.0294. The van der Waals surface area contributed by atoms with Crippen molar-refractivity contribution in [3.05, 3.63) is 48.6 Å². The Morgan fingerprint density at radius 2 is 1.11 bits per heavy atom. The van der Waals surface area contributed by atoms with E-state index in [2.05, 4.69) is 62.5 Å². The molecule has 1 fully saturated rings. The highest BCUT2D eigenvalue weighted by molar-refractivity contribution is 5.70. The third-order valence-electron chi connectivity index (χ3n) is 9.23.